The smallest absolute Gasteiger partial charge is 0.274 e. The Hall–Kier alpha value is -3.10. The molecule has 3 heterocycles. The Balaban J connectivity index is 1.69. The highest BCUT2D eigenvalue weighted by molar-refractivity contribution is 7.08. The van der Waals surface area contributed by atoms with Gasteiger partial charge in [0.15, 0.2) is 5.60 Å². The Labute approximate surface area is 185 Å². The van der Waals surface area contributed by atoms with Crippen molar-refractivity contribution < 1.29 is 14.3 Å². The summed E-state index contributed by atoms with van der Waals surface area (Å²) in [4.78, 5) is 37.7. The van der Waals surface area contributed by atoms with Gasteiger partial charge in [-0.3, -0.25) is 14.6 Å². The van der Waals surface area contributed by atoms with Crippen molar-refractivity contribution >= 4 is 23.2 Å². The highest BCUT2D eigenvalue weighted by atomic mass is 32.1. The summed E-state index contributed by atoms with van der Waals surface area (Å²) in [7, 11) is 3.42. The number of nitrogens with zero attached hydrogens (tertiary/aromatic N) is 4. The number of ether oxygens (including phenoxy) is 1. The van der Waals surface area contributed by atoms with Crippen LogP contribution in [-0.2, 0) is 16.0 Å². The molecular weight excluding hydrogens is 412 g/mol. The van der Waals surface area contributed by atoms with Crippen LogP contribution in [0.3, 0.4) is 0 Å². The van der Waals surface area contributed by atoms with Crippen molar-refractivity contribution in [2.24, 2.45) is 0 Å². The Morgan fingerprint density at radius 1 is 1.23 bits per heavy atom. The standard InChI is InChI=1S/C23H24N4O3S/c1-26(2)22(29)23(13-17-5-3-4-6-19(17)18-7-12-31-15-18)16-27(10-11-30-23)21(28)20-14-24-8-9-25-20/h3-9,12,14-15H,10-11,13,16H2,1-2H3/t23-/m1/s1. The normalized spacial score (nSPS) is 18.6. The Kier molecular flexibility index (Phi) is 6.11. The van der Waals surface area contributed by atoms with Crippen LogP contribution in [0.4, 0.5) is 0 Å². The maximum Gasteiger partial charge on any atom is 0.274 e. The maximum absolute atomic E-state index is 13.4. The number of carbonyl (C=O) groups is 2. The van der Waals surface area contributed by atoms with E-state index in [0.717, 1.165) is 16.7 Å². The Bertz CT molecular complexity index is 1060. The second-order valence-corrected chi connectivity index (χ2v) is 8.49. The number of hydrogen-bond donors (Lipinski definition) is 0. The van der Waals surface area contributed by atoms with Crippen LogP contribution in [0.5, 0.6) is 0 Å². The summed E-state index contributed by atoms with van der Waals surface area (Å²) in [6.45, 7) is 0.813. The fraction of sp³-hybridized carbons (Fsp3) is 0.304. The molecule has 7 nitrogen and oxygen atoms in total. The SMILES string of the molecule is CN(C)C(=O)[C@@]1(Cc2ccccc2-c2ccsc2)CN(C(=O)c2cnccn2)CCO1. The van der Waals surface area contributed by atoms with Crippen LogP contribution in [-0.4, -0.2) is 71.0 Å². The zero-order valence-corrected chi connectivity index (χ0v) is 18.3. The van der Waals surface area contributed by atoms with E-state index < -0.39 is 5.60 Å². The molecule has 4 rings (SSSR count). The minimum atomic E-state index is -1.17. The van der Waals surface area contributed by atoms with Crippen molar-refractivity contribution in [1.82, 2.24) is 19.8 Å². The maximum atomic E-state index is 13.4. The van der Waals surface area contributed by atoms with Gasteiger partial charge in [0, 0.05) is 39.5 Å². The molecule has 0 bridgehead atoms. The lowest BCUT2D eigenvalue weighted by Gasteiger charge is -2.43. The van der Waals surface area contributed by atoms with E-state index in [4.69, 9.17) is 4.74 Å². The molecular formula is C23H24N4O3S. The quantitative estimate of drug-likeness (QED) is 0.615. The summed E-state index contributed by atoms with van der Waals surface area (Å²) >= 11 is 1.63. The summed E-state index contributed by atoms with van der Waals surface area (Å²) in [6.07, 6.45) is 4.82. The van der Waals surface area contributed by atoms with E-state index in [1.165, 1.54) is 23.5 Å². The fourth-order valence-corrected chi connectivity index (χ4v) is 4.59. The molecule has 0 spiro atoms. The number of carbonyl (C=O) groups excluding carboxylic acids is 2. The van der Waals surface area contributed by atoms with Gasteiger partial charge in [0.05, 0.1) is 19.3 Å². The topological polar surface area (TPSA) is 75.6 Å². The average Bonchev–Trinajstić information content (AvgIpc) is 3.34. The van der Waals surface area contributed by atoms with Crippen molar-refractivity contribution in [3.05, 3.63) is 70.9 Å². The van der Waals surface area contributed by atoms with E-state index in [1.807, 2.05) is 23.6 Å². The first-order chi connectivity index (χ1) is 15.0. The first-order valence-electron chi connectivity index (χ1n) is 10.0. The zero-order valence-electron chi connectivity index (χ0n) is 17.5. The van der Waals surface area contributed by atoms with Crippen molar-refractivity contribution in [1.29, 1.82) is 0 Å². The molecule has 2 amide bonds. The molecule has 3 aromatic rings. The number of hydrogen-bond acceptors (Lipinski definition) is 6. The minimum Gasteiger partial charge on any atom is -0.361 e. The highest BCUT2D eigenvalue weighted by Gasteiger charge is 2.46. The van der Waals surface area contributed by atoms with E-state index in [9.17, 15) is 9.59 Å². The van der Waals surface area contributed by atoms with E-state index in [-0.39, 0.29) is 30.7 Å². The number of amides is 2. The molecule has 0 unspecified atom stereocenters. The number of morpholine rings is 1. The van der Waals surface area contributed by atoms with Crippen molar-refractivity contribution in [3.63, 3.8) is 0 Å². The second kappa shape index (κ2) is 8.95. The van der Waals surface area contributed by atoms with Gasteiger partial charge < -0.3 is 14.5 Å². The summed E-state index contributed by atoms with van der Waals surface area (Å²) in [5.41, 5.74) is 2.26. The van der Waals surface area contributed by atoms with Gasteiger partial charge in [-0.2, -0.15) is 11.3 Å². The van der Waals surface area contributed by atoms with Crippen molar-refractivity contribution in [2.45, 2.75) is 12.0 Å². The number of rotatable bonds is 5. The van der Waals surface area contributed by atoms with Gasteiger partial charge in [-0.1, -0.05) is 24.3 Å². The molecule has 1 aliphatic heterocycles. The summed E-state index contributed by atoms with van der Waals surface area (Å²) < 4.78 is 6.16. The van der Waals surface area contributed by atoms with E-state index in [1.54, 1.807) is 30.3 Å². The first-order valence-corrected chi connectivity index (χ1v) is 11.0. The summed E-state index contributed by atoms with van der Waals surface area (Å²) in [5.74, 6) is -0.414. The molecule has 1 saturated heterocycles. The van der Waals surface area contributed by atoms with Crippen LogP contribution in [0.25, 0.3) is 11.1 Å². The van der Waals surface area contributed by atoms with Gasteiger partial charge >= 0.3 is 0 Å². The predicted molar refractivity (Wildman–Crippen MR) is 119 cm³/mol. The van der Waals surface area contributed by atoms with Crippen LogP contribution >= 0.6 is 11.3 Å². The average molecular weight is 437 g/mol. The molecule has 1 aromatic carbocycles. The number of aromatic nitrogens is 2. The van der Waals surface area contributed by atoms with Gasteiger partial charge in [-0.25, -0.2) is 4.98 Å². The van der Waals surface area contributed by atoms with Gasteiger partial charge in [0.1, 0.15) is 5.69 Å². The predicted octanol–water partition coefficient (Wildman–Crippen LogP) is 2.75. The van der Waals surface area contributed by atoms with Crippen molar-refractivity contribution in [3.8, 4) is 11.1 Å². The van der Waals surface area contributed by atoms with Gasteiger partial charge in [0.2, 0.25) is 0 Å². The van der Waals surface area contributed by atoms with Crippen LogP contribution < -0.4 is 0 Å². The summed E-state index contributed by atoms with van der Waals surface area (Å²) in [5, 5.41) is 4.12. The lowest BCUT2D eigenvalue weighted by molar-refractivity contribution is -0.165. The molecule has 8 heteroatoms. The van der Waals surface area contributed by atoms with E-state index in [0.29, 0.717) is 13.0 Å². The third kappa shape index (κ3) is 4.35. The number of benzene rings is 1. The van der Waals surface area contributed by atoms with Crippen molar-refractivity contribution in [2.75, 3.05) is 33.8 Å². The minimum absolute atomic E-state index is 0.150. The lowest BCUT2D eigenvalue weighted by atomic mass is 9.87. The Morgan fingerprint density at radius 2 is 2.06 bits per heavy atom. The van der Waals surface area contributed by atoms with Crippen LogP contribution in [0.2, 0.25) is 0 Å². The largest absolute Gasteiger partial charge is 0.361 e. The molecule has 0 N–H and O–H groups in total. The Morgan fingerprint density at radius 3 is 2.77 bits per heavy atom. The molecule has 1 fully saturated rings. The fourth-order valence-electron chi connectivity index (χ4n) is 3.93. The van der Waals surface area contributed by atoms with Crippen LogP contribution in [0.1, 0.15) is 16.1 Å². The first kappa shape index (κ1) is 21.1. The third-order valence-electron chi connectivity index (χ3n) is 5.38. The number of likely N-dealkylation sites (N-methyl/N-ethyl adjacent to an activating group) is 1. The van der Waals surface area contributed by atoms with Gasteiger partial charge in [0.25, 0.3) is 11.8 Å². The molecule has 0 radical (unpaired) electrons. The molecule has 31 heavy (non-hydrogen) atoms. The molecule has 2 aromatic heterocycles. The molecule has 160 valence electrons. The third-order valence-corrected chi connectivity index (χ3v) is 6.06. The second-order valence-electron chi connectivity index (χ2n) is 7.71. The van der Waals surface area contributed by atoms with Gasteiger partial charge in [-0.05, 0) is 33.5 Å². The van der Waals surface area contributed by atoms with E-state index >= 15 is 0 Å². The van der Waals surface area contributed by atoms with Crippen LogP contribution in [0, 0.1) is 0 Å². The number of thiophene rings is 1. The molecule has 1 atom stereocenters. The molecule has 0 aliphatic carbocycles. The summed E-state index contributed by atoms with van der Waals surface area (Å²) in [6, 6.07) is 10.1. The molecule has 1 aliphatic rings. The monoisotopic (exact) mass is 436 g/mol. The highest BCUT2D eigenvalue weighted by Crippen LogP contribution is 2.32. The van der Waals surface area contributed by atoms with Crippen LogP contribution in [0.15, 0.2) is 59.7 Å². The molecule has 0 saturated carbocycles. The van der Waals surface area contributed by atoms with Gasteiger partial charge in [-0.15, -0.1) is 0 Å². The van der Waals surface area contributed by atoms with E-state index in [2.05, 4.69) is 27.5 Å². The lowest BCUT2D eigenvalue weighted by Crippen LogP contribution is -2.61. The zero-order chi connectivity index (χ0) is 21.8.